The SMILES string of the molecule is CCC(CCC(C)(C)COc1c(-c2ccc3c(c2)CNC3=O)ccc(OC)c1OC)C(=O)O. The summed E-state index contributed by atoms with van der Waals surface area (Å²) in [5.41, 5.74) is 3.13. The van der Waals surface area contributed by atoms with E-state index in [1.807, 2.05) is 37.3 Å². The fourth-order valence-electron chi connectivity index (χ4n) is 4.08. The fraction of sp³-hybridized carbons (Fsp3) is 0.462. The Hall–Kier alpha value is -3.22. The summed E-state index contributed by atoms with van der Waals surface area (Å²) >= 11 is 0. The molecule has 3 rings (SSSR count). The standard InChI is InChI=1S/C26H33NO6/c1-6-16(25(29)30)11-12-26(2,3)15-33-22-19(9-10-21(31-4)23(22)32-5)17-7-8-20-18(13-17)14-27-24(20)28/h7-10,13,16H,6,11-12,14-15H2,1-5H3,(H,27,28)(H,29,30). The highest BCUT2D eigenvalue weighted by Gasteiger charge is 2.27. The van der Waals surface area contributed by atoms with Crippen LogP contribution < -0.4 is 19.5 Å². The van der Waals surface area contributed by atoms with Gasteiger partial charge < -0.3 is 24.6 Å². The lowest BCUT2D eigenvalue weighted by atomic mass is 9.84. The van der Waals surface area contributed by atoms with Gasteiger partial charge in [-0.25, -0.2) is 0 Å². The third-order valence-electron chi connectivity index (χ3n) is 6.22. The predicted octanol–water partition coefficient (Wildman–Crippen LogP) is 4.91. The number of hydrogen-bond acceptors (Lipinski definition) is 5. The number of carbonyl (C=O) groups excluding carboxylic acids is 1. The zero-order valence-electron chi connectivity index (χ0n) is 20.0. The zero-order chi connectivity index (χ0) is 24.2. The molecule has 1 aliphatic heterocycles. The van der Waals surface area contributed by atoms with Crippen LogP contribution in [0.5, 0.6) is 17.2 Å². The molecule has 1 aliphatic rings. The Balaban J connectivity index is 1.90. The summed E-state index contributed by atoms with van der Waals surface area (Å²) in [6.45, 7) is 6.92. The van der Waals surface area contributed by atoms with Crippen LogP contribution in [0.25, 0.3) is 11.1 Å². The number of methoxy groups -OCH3 is 2. The second-order valence-corrected chi connectivity index (χ2v) is 9.17. The molecule has 1 amide bonds. The van der Waals surface area contributed by atoms with Gasteiger partial charge in [0, 0.05) is 17.7 Å². The molecule has 0 radical (unpaired) electrons. The summed E-state index contributed by atoms with van der Waals surface area (Å²) in [6.07, 6.45) is 1.91. The van der Waals surface area contributed by atoms with Gasteiger partial charge in [-0.1, -0.05) is 26.8 Å². The van der Waals surface area contributed by atoms with E-state index in [9.17, 15) is 14.7 Å². The topological polar surface area (TPSA) is 94.1 Å². The van der Waals surface area contributed by atoms with Crippen molar-refractivity contribution in [3.63, 3.8) is 0 Å². The number of amides is 1. The summed E-state index contributed by atoms with van der Waals surface area (Å²) in [5.74, 6) is 0.451. The number of carboxylic acids is 1. The number of hydrogen-bond donors (Lipinski definition) is 2. The molecule has 33 heavy (non-hydrogen) atoms. The number of ether oxygens (including phenoxy) is 3. The average Bonchev–Trinajstić information content (AvgIpc) is 3.17. The molecule has 0 bridgehead atoms. The lowest BCUT2D eigenvalue weighted by molar-refractivity contribution is -0.142. The van der Waals surface area contributed by atoms with Gasteiger partial charge in [0.1, 0.15) is 0 Å². The number of carboxylic acid groups (broad SMARTS) is 1. The molecule has 7 heteroatoms. The first-order valence-electron chi connectivity index (χ1n) is 11.2. The first kappa shape index (κ1) is 24.4. The molecule has 7 nitrogen and oxygen atoms in total. The maximum Gasteiger partial charge on any atom is 0.306 e. The van der Waals surface area contributed by atoms with Gasteiger partial charge in [-0.3, -0.25) is 9.59 Å². The van der Waals surface area contributed by atoms with Crippen LogP contribution >= 0.6 is 0 Å². The van der Waals surface area contributed by atoms with Crippen molar-refractivity contribution < 1.29 is 28.9 Å². The van der Waals surface area contributed by atoms with Crippen molar-refractivity contribution in [2.75, 3.05) is 20.8 Å². The molecule has 2 aromatic rings. The van der Waals surface area contributed by atoms with E-state index in [4.69, 9.17) is 14.2 Å². The molecule has 0 saturated heterocycles. The Labute approximate surface area is 195 Å². The molecule has 2 aromatic carbocycles. The van der Waals surface area contributed by atoms with Crippen LogP contribution in [0.1, 0.15) is 56.0 Å². The Morgan fingerprint density at radius 2 is 1.85 bits per heavy atom. The second-order valence-electron chi connectivity index (χ2n) is 9.17. The molecule has 0 saturated carbocycles. The Morgan fingerprint density at radius 3 is 2.48 bits per heavy atom. The van der Waals surface area contributed by atoms with Gasteiger partial charge in [-0.2, -0.15) is 0 Å². The largest absolute Gasteiger partial charge is 0.493 e. The van der Waals surface area contributed by atoms with Crippen molar-refractivity contribution >= 4 is 11.9 Å². The number of benzene rings is 2. The Morgan fingerprint density at radius 1 is 1.12 bits per heavy atom. The number of rotatable bonds is 11. The van der Waals surface area contributed by atoms with Crippen molar-refractivity contribution in [3.05, 3.63) is 41.5 Å². The van der Waals surface area contributed by atoms with Crippen molar-refractivity contribution in [1.29, 1.82) is 0 Å². The smallest absolute Gasteiger partial charge is 0.306 e. The maximum atomic E-state index is 11.9. The number of aliphatic carboxylic acids is 1. The van der Waals surface area contributed by atoms with Gasteiger partial charge in [-0.15, -0.1) is 0 Å². The summed E-state index contributed by atoms with van der Waals surface area (Å²) in [6, 6.07) is 9.48. The Bertz CT molecular complexity index is 1030. The van der Waals surface area contributed by atoms with E-state index in [0.29, 0.717) is 55.2 Å². The monoisotopic (exact) mass is 455 g/mol. The summed E-state index contributed by atoms with van der Waals surface area (Å²) < 4.78 is 17.5. The lowest BCUT2D eigenvalue weighted by Crippen LogP contribution is -2.24. The quantitative estimate of drug-likeness (QED) is 0.500. The van der Waals surface area contributed by atoms with Gasteiger partial charge in [-0.05, 0) is 60.1 Å². The molecule has 0 spiro atoms. The highest BCUT2D eigenvalue weighted by molar-refractivity contribution is 5.99. The summed E-state index contributed by atoms with van der Waals surface area (Å²) in [5, 5.41) is 12.2. The van der Waals surface area contributed by atoms with Gasteiger partial charge in [0.25, 0.3) is 5.91 Å². The van der Waals surface area contributed by atoms with Gasteiger partial charge in [0.15, 0.2) is 11.5 Å². The average molecular weight is 456 g/mol. The highest BCUT2D eigenvalue weighted by Crippen LogP contribution is 2.45. The van der Waals surface area contributed by atoms with Gasteiger partial charge in [0.2, 0.25) is 5.75 Å². The molecule has 178 valence electrons. The highest BCUT2D eigenvalue weighted by atomic mass is 16.5. The van der Waals surface area contributed by atoms with Crippen molar-refractivity contribution in [2.24, 2.45) is 11.3 Å². The van der Waals surface area contributed by atoms with Crippen LogP contribution in [0.2, 0.25) is 0 Å². The van der Waals surface area contributed by atoms with Crippen LogP contribution in [-0.4, -0.2) is 37.8 Å². The van der Waals surface area contributed by atoms with E-state index in [2.05, 4.69) is 19.2 Å². The summed E-state index contributed by atoms with van der Waals surface area (Å²) in [4.78, 5) is 23.3. The van der Waals surface area contributed by atoms with Crippen molar-refractivity contribution in [1.82, 2.24) is 5.32 Å². The van der Waals surface area contributed by atoms with Crippen LogP contribution in [-0.2, 0) is 11.3 Å². The van der Waals surface area contributed by atoms with Crippen molar-refractivity contribution in [3.8, 4) is 28.4 Å². The molecule has 1 unspecified atom stereocenters. The molecular weight excluding hydrogens is 422 g/mol. The zero-order valence-corrected chi connectivity index (χ0v) is 20.0. The van der Waals surface area contributed by atoms with Crippen LogP contribution in [0, 0.1) is 11.3 Å². The number of nitrogens with one attached hydrogen (secondary N) is 1. The normalized spacial score (nSPS) is 13.8. The third-order valence-corrected chi connectivity index (χ3v) is 6.22. The molecule has 0 fully saturated rings. The molecule has 0 aliphatic carbocycles. The molecular formula is C26H33NO6. The van der Waals surface area contributed by atoms with E-state index in [1.165, 1.54) is 0 Å². The minimum atomic E-state index is -0.754. The lowest BCUT2D eigenvalue weighted by Gasteiger charge is -2.27. The van der Waals surface area contributed by atoms with Gasteiger partial charge in [0.05, 0.1) is 26.7 Å². The van der Waals surface area contributed by atoms with Crippen LogP contribution in [0.15, 0.2) is 30.3 Å². The van der Waals surface area contributed by atoms with E-state index >= 15 is 0 Å². The Kier molecular flexibility index (Phi) is 7.51. The first-order chi connectivity index (χ1) is 15.7. The third kappa shape index (κ3) is 5.41. The van der Waals surface area contributed by atoms with E-state index in [0.717, 1.165) is 16.7 Å². The molecule has 1 heterocycles. The van der Waals surface area contributed by atoms with Gasteiger partial charge >= 0.3 is 5.97 Å². The van der Waals surface area contributed by atoms with E-state index in [1.54, 1.807) is 14.2 Å². The molecule has 1 atom stereocenters. The van der Waals surface area contributed by atoms with Crippen molar-refractivity contribution in [2.45, 2.75) is 46.6 Å². The maximum absolute atomic E-state index is 11.9. The second kappa shape index (κ2) is 10.1. The first-order valence-corrected chi connectivity index (χ1v) is 11.2. The minimum absolute atomic E-state index is 0.0613. The number of carbonyl (C=O) groups is 2. The number of fused-ring (bicyclic) bond motifs is 1. The predicted molar refractivity (Wildman–Crippen MR) is 126 cm³/mol. The summed E-state index contributed by atoms with van der Waals surface area (Å²) in [7, 11) is 3.15. The fourth-order valence-corrected chi connectivity index (χ4v) is 4.08. The van der Waals surface area contributed by atoms with Crippen LogP contribution in [0.4, 0.5) is 0 Å². The molecule has 0 aromatic heterocycles. The van der Waals surface area contributed by atoms with E-state index in [-0.39, 0.29) is 17.2 Å². The van der Waals surface area contributed by atoms with E-state index < -0.39 is 5.97 Å². The molecule has 2 N–H and O–H groups in total. The minimum Gasteiger partial charge on any atom is -0.493 e. The van der Waals surface area contributed by atoms with Crippen LogP contribution in [0.3, 0.4) is 0 Å².